The van der Waals surface area contributed by atoms with Gasteiger partial charge in [-0.3, -0.25) is 0 Å². The second kappa shape index (κ2) is 10.7. The molecule has 7 nitrogen and oxygen atoms in total. The second-order valence-electron chi connectivity index (χ2n) is 6.71. The lowest BCUT2D eigenvalue weighted by Crippen LogP contribution is -2.23. The Kier molecular flexibility index (Phi) is 7.97. The normalized spacial score (nSPS) is 11.1. The summed E-state index contributed by atoms with van der Waals surface area (Å²) in [6.07, 6.45) is 0.680. The molecule has 0 aliphatic heterocycles. The summed E-state index contributed by atoms with van der Waals surface area (Å²) in [7, 11) is -2.19. The first-order chi connectivity index (χ1) is 15.3. The van der Waals surface area contributed by atoms with E-state index in [-0.39, 0.29) is 10.0 Å². The molecule has 1 aromatic heterocycles. The molecule has 3 N–H and O–H groups in total. The van der Waals surface area contributed by atoms with E-state index in [1.807, 2.05) is 30.3 Å². The van der Waals surface area contributed by atoms with Crippen LogP contribution in [0.4, 0.5) is 10.7 Å². The van der Waals surface area contributed by atoms with E-state index in [4.69, 9.17) is 17.0 Å². The molecule has 0 spiro atoms. The van der Waals surface area contributed by atoms with Gasteiger partial charge in [0.05, 0.1) is 17.6 Å². The summed E-state index contributed by atoms with van der Waals surface area (Å²) in [5.74, 6) is -0.455. The van der Waals surface area contributed by atoms with Gasteiger partial charge in [-0.2, -0.15) is 0 Å². The largest absolute Gasteiger partial charge is 0.465 e. The van der Waals surface area contributed by atoms with Crippen molar-refractivity contribution in [2.24, 2.45) is 0 Å². The van der Waals surface area contributed by atoms with Gasteiger partial charge in [0.1, 0.15) is 5.00 Å². The SMILES string of the molecule is CCNS(=O)(=O)c1ccc(NC(=S)Nc2sc(Cc3ccccc3)cc2C(=O)OC)cc1. The number of rotatable bonds is 8. The van der Waals surface area contributed by atoms with Gasteiger partial charge in [-0.25, -0.2) is 17.9 Å². The van der Waals surface area contributed by atoms with E-state index < -0.39 is 16.0 Å². The predicted octanol–water partition coefficient (Wildman–Crippen LogP) is 4.23. The van der Waals surface area contributed by atoms with Gasteiger partial charge >= 0.3 is 5.97 Å². The molecule has 3 rings (SSSR count). The number of ether oxygens (including phenoxy) is 1. The molecule has 2 aromatic carbocycles. The highest BCUT2D eigenvalue weighted by Gasteiger charge is 2.18. The summed E-state index contributed by atoms with van der Waals surface area (Å²) in [6.45, 7) is 2.03. The van der Waals surface area contributed by atoms with E-state index in [1.54, 1.807) is 25.1 Å². The van der Waals surface area contributed by atoms with Crippen molar-refractivity contribution in [1.29, 1.82) is 0 Å². The number of hydrogen-bond donors (Lipinski definition) is 3. The van der Waals surface area contributed by atoms with Crippen molar-refractivity contribution >= 4 is 55.3 Å². The van der Waals surface area contributed by atoms with Gasteiger partial charge in [-0.1, -0.05) is 37.3 Å². The molecule has 0 saturated heterocycles. The average molecular weight is 490 g/mol. The predicted molar refractivity (Wildman–Crippen MR) is 132 cm³/mol. The Morgan fingerprint density at radius 3 is 2.38 bits per heavy atom. The van der Waals surface area contributed by atoms with Gasteiger partial charge in [0, 0.05) is 23.5 Å². The van der Waals surface area contributed by atoms with Crippen LogP contribution in [0, 0.1) is 0 Å². The van der Waals surface area contributed by atoms with Gasteiger partial charge in [0.15, 0.2) is 5.11 Å². The lowest BCUT2D eigenvalue weighted by Gasteiger charge is -2.11. The van der Waals surface area contributed by atoms with Gasteiger partial charge in [-0.15, -0.1) is 11.3 Å². The molecule has 0 unspecified atom stereocenters. The average Bonchev–Trinajstić information content (AvgIpc) is 3.16. The maximum atomic E-state index is 12.2. The topological polar surface area (TPSA) is 96.5 Å². The van der Waals surface area contributed by atoms with E-state index in [0.29, 0.717) is 29.2 Å². The summed E-state index contributed by atoms with van der Waals surface area (Å²) < 4.78 is 31.5. The molecule has 0 aliphatic carbocycles. The highest BCUT2D eigenvalue weighted by atomic mass is 32.2. The number of hydrogen-bond acceptors (Lipinski definition) is 6. The zero-order chi connectivity index (χ0) is 23.1. The Morgan fingerprint density at radius 2 is 1.75 bits per heavy atom. The van der Waals surface area contributed by atoms with Crippen molar-refractivity contribution in [3.05, 3.63) is 76.7 Å². The van der Waals surface area contributed by atoms with Crippen LogP contribution in [0.5, 0.6) is 0 Å². The standard InChI is InChI=1S/C22H23N3O4S3/c1-3-23-32(27,28)18-11-9-16(10-12-18)24-22(30)25-20-19(21(26)29-2)14-17(31-20)13-15-7-5-4-6-8-15/h4-12,14,23H,3,13H2,1-2H3,(H2,24,25,30). The number of thiophene rings is 1. The van der Waals surface area contributed by atoms with Crippen LogP contribution in [0.15, 0.2) is 65.6 Å². The van der Waals surface area contributed by atoms with Crippen LogP contribution < -0.4 is 15.4 Å². The first-order valence-corrected chi connectivity index (χ1v) is 12.5. The van der Waals surface area contributed by atoms with Crippen molar-refractivity contribution in [1.82, 2.24) is 4.72 Å². The quantitative estimate of drug-likeness (QED) is 0.322. The Morgan fingerprint density at radius 1 is 1.06 bits per heavy atom. The molecule has 0 atom stereocenters. The fourth-order valence-corrected chi connectivity index (χ4v) is 5.35. The molecule has 32 heavy (non-hydrogen) atoms. The van der Waals surface area contributed by atoms with Gasteiger partial charge < -0.3 is 15.4 Å². The molecular formula is C22H23N3O4S3. The number of thiocarbonyl (C=S) groups is 1. The van der Waals surface area contributed by atoms with Gasteiger partial charge in [-0.05, 0) is 48.1 Å². The molecule has 0 amide bonds. The van der Waals surface area contributed by atoms with Crippen LogP contribution in [0.1, 0.15) is 27.7 Å². The highest BCUT2D eigenvalue weighted by molar-refractivity contribution is 7.89. The number of anilines is 2. The lowest BCUT2D eigenvalue weighted by atomic mass is 10.1. The minimum absolute atomic E-state index is 0.167. The molecule has 0 bridgehead atoms. The van der Waals surface area contributed by atoms with Crippen LogP contribution in [0.2, 0.25) is 0 Å². The second-order valence-corrected chi connectivity index (χ2v) is 10.0. The molecular weight excluding hydrogens is 466 g/mol. The fraction of sp³-hybridized carbons (Fsp3) is 0.182. The fourth-order valence-electron chi connectivity index (χ4n) is 2.94. The van der Waals surface area contributed by atoms with Crippen molar-refractivity contribution in [3.8, 4) is 0 Å². The van der Waals surface area contributed by atoms with Crippen LogP contribution in [-0.2, 0) is 21.2 Å². The third-order valence-corrected chi connectivity index (χ3v) is 7.21. The van der Waals surface area contributed by atoms with Crippen molar-refractivity contribution in [2.75, 3.05) is 24.3 Å². The van der Waals surface area contributed by atoms with Crippen molar-refractivity contribution in [2.45, 2.75) is 18.2 Å². The Labute approximate surface area is 196 Å². The monoisotopic (exact) mass is 489 g/mol. The lowest BCUT2D eigenvalue weighted by molar-refractivity contribution is 0.0602. The van der Waals surface area contributed by atoms with E-state index in [1.165, 1.54) is 30.6 Å². The molecule has 0 aliphatic rings. The molecule has 0 saturated carbocycles. The van der Waals surface area contributed by atoms with Crippen molar-refractivity contribution in [3.63, 3.8) is 0 Å². The van der Waals surface area contributed by atoms with E-state index in [0.717, 1.165) is 10.4 Å². The maximum absolute atomic E-state index is 12.2. The number of nitrogens with one attached hydrogen (secondary N) is 3. The Hall–Kier alpha value is -2.79. The zero-order valence-corrected chi connectivity index (χ0v) is 20.0. The number of carbonyl (C=O) groups excluding carboxylic acids is 1. The minimum atomic E-state index is -3.52. The zero-order valence-electron chi connectivity index (χ0n) is 17.5. The molecule has 1 heterocycles. The first kappa shape index (κ1) is 23.9. The minimum Gasteiger partial charge on any atom is -0.465 e. The summed E-state index contributed by atoms with van der Waals surface area (Å²) in [6, 6.07) is 18.0. The number of esters is 1. The summed E-state index contributed by atoms with van der Waals surface area (Å²) >= 11 is 6.81. The third-order valence-electron chi connectivity index (χ3n) is 4.39. The van der Waals surface area contributed by atoms with Gasteiger partial charge in [0.2, 0.25) is 10.0 Å². The van der Waals surface area contributed by atoms with E-state index in [9.17, 15) is 13.2 Å². The van der Waals surface area contributed by atoms with Crippen LogP contribution in [-0.4, -0.2) is 33.2 Å². The molecule has 0 fully saturated rings. The summed E-state index contributed by atoms with van der Waals surface area (Å²) in [5.41, 5.74) is 2.14. The van der Waals surface area contributed by atoms with Crippen LogP contribution in [0.25, 0.3) is 0 Å². The van der Waals surface area contributed by atoms with Crippen LogP contribution in [0.3, 0.4) is 0 Å². The molecule has 0 radical (unpaired) electrons. The highest BCUT2D eigenvalue weighted by Crippen LogP contribution is 2.31. The number of sulfonamides is 1. The Balaban J connectivity index is 1.73. The van der Waals surface area contributed by atoms with E-state index in [2.05, 4.69) is 15.4 Å². The van der Waals surface area contributed by atoms with Crippen LogP contribution >= 0.6 is 23.6 Å². The Bertz CT molecular complexity index is 1190. The molecule has 3 aromatic rings. The molecule has 10 heteroatoms. The maximum Gasteiger partial charge on any atom is 0.340 e. The van der Waals surface area contributed by atoms with Crippen molar-refractivity contribution < 1.29 is 17.9 Å². The first-order valence-electron chi connectivity index (χ1n) is 9.75. The molecule has 168 valence electrons. The smallest absolute Gasteiger partial charge is 0.340 e. The summed E-state index contributed by atoms with van der Waals surface area (Å²) in [4.78, 5) is 13.4. The summed E-state index contributed by atoms with van der Waals surface area (Å²) in [5, 5.41) is 6.90. The number of benzene rings is 2. The van der Waals surface area contributed by atoms with E-state index >= 15 is 0 Å². The number of carbonyl (C=O) groups is 1. The third kappa shape index (κ3) is 6.13. The number of methoxy groups -OCH3 is 1. The van der Waals surface area contributed by atoms with Gasteiger partial charge in [0.25, 0.3) is 0 Å².